The van der Waals surface area contributed by atoms with E-state index in [0.717, 1.165) is 24.0 Å². The van der Waals surface area contributed by atoms with Crippen LogP contribution in [0.2, 0.25) is 5.02 Å². The number of likely N-dealkylation sites (N-methyl/N-ethyl adjacent to an activating group) is 1. The molecule has 2 atom stereocenters. The Morgan fingerprint density at radius 3 is 2.58 bits per heavy atom. The Bertz CT molecular complexity index is 1010. The lowest BCUT2D eigenvalue weighted by Gasteiger charge is -2.40. The maximum atomic E-state index is 13.7. The Morgan fingerprint density at radius 1 is 1.18 bits per heavy atom. The number of unbranched alkanes of at least 4 members (excludes halogenated alkanes) is 1. The van der Waals surface area contributed by atoms with Crippen LogP contribution in [-0.2, 0) is 22.6 Å². The summed E-state index contributed by atoms with van der Waals surface area (Å²) < 4.78 is 0. The molecule has 0 saturated heterocycles. The van der Waals surface area contributed by atoms with Gasteiger partial charge in [0.1, 0.15) is 6.04 Å². The van der Waals surface area contributed by atoms with E-state index in [2.05, 4.69) is 5.32 Å². The molecule has 0 bridgehead atoms. The van der Waals surface area contributed by atoms with E-state index in [1.54, 1.807) is 36.2 Å². The molecule has 2 N–H and O–H groups in total. The average Bonchev–Trinajstić information content (AvgIpc) is 2.78. The number of fused-ring (bicyclic) bond motifs is 1. The number of urea groups is 1. The molecule has 0 unspecified atom stereocenters. The van der Waals surface area contributed by atoms with Crippen LogP contribution in [0.15, 0.2) is 48.5 Å². The van der Waals surface area contributed by atoms with Gasteiger partial charge in [-0.05, 0) is 42.2 Å². The molecule has 8 heteroatoms. The van der Waals surface area contributed by atoms with Crippen LogP contribution in [0.3, 0.4) is 0 Å². The molecule has 7 nitrogen and oxygen atoms in total. The van der Waals surface area contributed by atoms with Gasteiger partial charge >= 0.3 is 12.0 Å². The van der Waals surface area contributed by atoms with Gasteiger partial charge in [0.15, 0.2) is 0 Å². The van der Waals surface area contributed by atoms with Crippen molar-refractivity contribution >= 4 is 35.2 Å². The summed E-state index contributed by atoms with van der Waals surface area (Å²) in [6.07, 6.45) is 2.47. The molecule has 2 aromatic rings. The van der Waals surface area contributed by atoms with E-state index < -0.39 is 24.1 Å². The number of nitrogens with zero attached hydrogens (tertiary/aromatic N) is 2. The smallest absolute Gasteiger partial charge is 0.322 e. The Balaban J connectivity index is 1.84. The van der Waals surface area contributed by atoms with E-state index in [1.165, 1.54) is 4.90 Å². The highest BCUT2D eigenvalue weighted by Gasteiger charge is 2.37. The van der Waals surface area contributed by atoms with Crippen molar-refractivity contribution in [3.63, 3.8) is 0 Å². The van der Waals surface area contributed by atoms with Crippen molar-refractivity contribution in [2.45, 2.75) is 57.7 Å². The van der Waals surface area contributed by atoms with Gasteiger partial charge in [0.2, 0.25) is 5.91 Å². The van der Waals surface area contributed by atoms with Crippen LogP contribution in [0, 0.1) is 0 Å². The van der Waals surface area contributed by atoms with Gasteiger partial charge in [0.25, 0.3) is 0 Å². The molecule has 0 aliphatic carbocycles. The molecule has 1 heterocycles. The highest BCUT2D eigenvalue weighted by molar-refractivity contribution is 6.30. The van der Waals surface area contributed by atoms with Crippen LogP contribution in [-0.4, -0.2) is 51.9 Å². The molecular weight excluding hydrogens is 442 g/mol. The number of carbonyl (C=O) groups is 3. The molecule has 1 aliphatic rings. The zero-order valence-corrected chi connectivity index (χ0v) is 19.7. The van der Waals surface area contributed by atoms with Gasteiger partial charge < -0.3 is 20.2 Å². The standard InChI is InChI=1S/C25H30ClN3O4/c1-3-4-12-22(28(2)25(33)27-20-11-7-10-19(26)14-20)24(32)29-16-18-9-6-5-8-17(18)13-21(29)15-23(30)31/h5-11,14,21-22H,3-4,12-13,15-16H2,1-2H3,(H,27,33)(H,30,31)/t21-,22+/m1/s1. The fourth-order valence-electron chi connectivity index (χ4n) is 4.22. The molecule has 0 radical (unpaired) electrons. The van der Waals surface area contributed by atoms with Crippen molar-refractivity contribution < 1.29 is 19.5 Å². The normalized spacial score (nSPS) is 16.0. The Hall–Kier alpha value is -3.06. The predicted molar refractivity (Wildman–Crippen MR) is 128 cm³/mol. The van der Waals surface area contributed by atoms with E-state index in [0.29, 0.717) is 30.1 Å². The molecule has 2 aromatic carbocycles. The van der Waals surface area contributed by atoms with Crippen LogP contribution in [0.4, 0.5) is 10.5 Å². The van der Waals surface area contributed by atoms with E-state index in [4.69, 9.17) is 11.6 Å². The lowest BCUT2D eigenvalue weighted by molar-refractivity contribution is -0.143. The summed E-state index contributed by atoms with van der Waals surface area (Å²) in [4.78, 5) is 41.3. The number of benzene rings is 2. The number of carboxylic acids is 1. The average molecular weight is 472 g/mol. The van der Waals surface area contributed by atoms with Gasteiger partial charge in [-0.1, -0.05) is 61.7 Å². The second-order valence-electron chi connectivity index (χ2n) is 8.40. The second-order valence-corrected chi connectivity index (χ2v) is 8.84. The van der Waals surface area contributed by atoms with Crippen LogP contribution in [0.1, 0.15) is 43.7 Å². The van der Waals surface area contributed by atoms with Crippen molar-refractivity contribution in [3.05, 3.63) is 64.7 Å². The second kappa shape index (κ2) is 11.2. The third-order valence-corrected chi connectivity index (χ3v) is 6.26. The molecule has 3 amide bonds. The first-order chi connectivity index (χ1) is 15.8. The summed E-state index contributed by atoms with van der Waals surface area (Å²) >= 11 is 6.02. The number of aliphatic carboxylic acids is 1. The number of carboxylic acid groups (broad SMARTS) is 1. The fourth-order valence-corrected chi connectivity index (χ4v) is 4.41. The molecule has 0 spiro atoms. The largest absolute Gasteiger partial charge is 0.481 e. The van der Waals surface area contributed by atoms with Gasteiger partial charge in [-0.3, -0.25) is 9.59 Å². The van der Waals surface area contributed by atoms with Crippen molar-refractivity contribution in [3.8, 4) is 0 Å². The maximum Gasteiger partial charge on any atom is 0.322 e. The Morgan fingerprint density at radius 2 is 1.91 bits per heavy atom. The number of rotatable bonds is 8. The van der Waals surface area contributed by atoms with Crippen molar-refractivity contribution in [2.75, 3.05) is 12.4 Å². The molecule has 0 aromatic heterocycles. The van der Waals surface area contributed by atoms with E-state index in [-0.39, 0.29) is 12.3 Å². The minimum absolute atomic E-state index is 0.140. The molecule has 3 rings (SSSR count). The van der Waals surface area contributed by atoms with Crippen molar-refractivity contribution in [1.82, 2.24) is 9.80 Å². The van der Waals surface area contributed by atoms with Crippen molar-refractivity contribution in [2.24, 2.45) is 0 Å². The SMILES string of the molecule is CCCC[C@@H](C(=O)N1Cc2ccccc2C[C@@H]1CC(=O)O)N(C)C(=O)Nc1cccc(Cl)c1. The summed E-state index contributed by atoms with van der Waals surface area (Å²) in [5.74, 6) is -1.18. The Kier molecular flexibility index (Phi) is 8.33. The highest BCUT2D eigenvalue weighted by Crippen LogP contribution is 2.27. The number of hydrogen-bond donors (Lipinski definition) is 2. The molecule has 0 saturated carbocycles. The summed E-state index contributed by atoms with van der Waals surface area (Å²) in [5.41, 5.74) is 2.61. The van der Waals surface area contributed by atoms with Gasteiger partial charge in [-0.2, -0.15) is 0 Å². The fraction of sp³-hybridized carbons (Fsp3) is 0.400. The molecule has 176 valence electrons. The number of carbonyl (C=O) groups excluding carboxylic acids is 2. The lowest BCUT2D eigenvalue weighted by atomic mass is 9.91. The summed E-state index contributed by atoms with van der Waals surface area (Å²) in [6.45, 7) is 2.36. The van der Waals surface area contributed by atoms with E-state index in [1.807, 2.05) is 31.2 Å². The number of halogens is 1. The molecular formula is C25H30ClN3O4. The maximum absolute atomic E-state index is 13.7. The zero-order chi connectivity index (χ0) is 24.0. The molecule has 0 fully saturated rings. The van der Waals surface area contributed by atoms with Crippen LogP contribution >= 0.6 is 11.6 Å². The molecule has 33 heavy (non-hydrogen) atoms. The monoisotopic (exact) mass is 471 g/mol. The quantitative estimate of drug-likeness (QED) is 0.579. The topological polar surface area (TPSA) is 90.0 Å². The predicted octanol–water partition coefficient (Wildman–Crippen LogP) is 4.79. The van der Waals surface area contributed by atoms with Gasteiger partial charge in [-0.25, -0.2) is 4.79 Å². The van der Waals surface area contributed by atoms with Crippen LogP contribution in [0.5, 0.6) is 0 Å². The minimum atomic E-state index is -0.950. The summed E-state index contributed by atoms with van der Waals surface area (Å²) in [7, 11) is 1.60. The van der Waals surface area contributed by atoms with Crippen molar-refractivity contribution in [1.29, 1.82) is 0 Å². The molecule has 1 aliphatic heterocycles. The number of anilines is 1. The first-order valence-electron chi connectivity index (χ1n) is 11.2. The Labute approximate surface area is 199 Å². The summed E-state index contributed by atoms with van der Waals surface area (Å²) in [6, 6.07) is 13.0. The van der Waals surface area contributed by atoms with Gasteiger partial charge in [0, 0.05) is 30.3 Å². The third-order valence-electron chi connectivity index (χ3n) is 6.03. The summed E-state index contributed by atoms with van der Waals surface area (Å²) in [5, 5.41) is 12.7. The lowest BCUT2D eigenvalue weighted by Crippen LogP contribution is -2.54. The highest BCUT2D eigenvalue weighted by atomic mass is 35.5. The van der Waals surface area contributed by atoms with Gasteiger partial charge in [-0.15, -0.1) is 0 Å². The minimum Gasteiger partial charge on any atom is -0.481 e. The number of hydrogen-bond acceptors (Lipinski definition) is 3. The first-order valence-corrected chi connectivity index (χ1v) is 11.6. The van der Waals surface area contributed by atoms with Gasteiger partial charge in [0.05, 0.1) is 6.42 Å². The number of nitrogens with one attached hydrogen (secondary N) is 1. The van der Waals surface area contributed by atoms with E-state index in [9.17, 15) is 19.5 Å². The van der Waals surface area contributed by atoms with E-state index >= 15 is 0 Å². The first kappa shape index (κ1) is 24.6. The number of amides is 3. The third kappa shape index (κ3) is 6.26. The zero-order valence-electron chi connectivity index (χ0n) is 19.0. The van der Waals surface area contributed by atoms with Crippen LogP contribution in [0.25, 0.3) is 0 Å². The van der Waals surface area contributed by atoms with Crippen LogP contribution < -0.4 is 5.32 Å².